The number of pyridine rings is 1. The summed E-state index contributed by atoms with van der Waals surface area (Å²) in [5.41, 5.74) is 1.91. The van der Waals surface area contributed by atoms with Gasteiger partial charge in [0.15, 0.2) is 5.65 Å². The second kappa shape index (κ2) is 5.47. The molecule has 1 aliphatic rings. The van der Waals surface area contributed by atoms with Crippen LogP contribution in [0.3, 0.4) is 0 Å². The molecule has 0 spiro atoms. The molecule has 0 saturated carbocycles. The van der Waals surface area contributed by atoms with Crippen molar-refractivity contribution in [1.82, 2.24) is 19.4 Å². The molecule has 0 aromatic carbocycles. The summed E-state index contributed by atoms with van der Waals surface area (Å²) < 4.78 is 2.20. The van der Waals surface area contributed by atoms with Gasteiger partial charge in [-0.05, 0) is 37.6 Å². The highest BCUT2D eigenvalue weighted by Crippen LogP contribution is 2.22. The quantitative estimate of drug-likeness (QED) is 0.806. The van der Waals surface area contributed by atoms with Gasteiger partial charge >= 0.3 is 0 Å². The molecule has 4 nitrogen and oxygen atoms in total. The number of hydrogen-bond acceptors (Lipinski definition) is 3. The zero-order valence-electron chi connectivity index (χ0n) is 11.2. The molecule has 1 atom stereocenters. The first-order valence-electron chi connectivity index (χ1n) is 6.90. The minimum absolute atomic E-state index is 0.445. The van der Waals surface area contributed by atoms with Crippen molar-refractivity contribution >= 4 is 22.8 Å². The molecule has 102 valence electrons. The molecule has 1 aliphatic heterocycles. The lowest BCUT2D eigenvalue weighted by atomic mass is 10.1. The Morgan fingerprint density at radius 1 is 1.47 bits per heavy atom. The van der Waals surface area contributed by atoms with Crippen molar-refractivity contribution in [2.45, 2.75) is 25.8 Å². The molecule has 0 N–H and O–H groups in total. The maximum Gasteiger partial charge on any atom is 0.160 e. The summed E-state index contributed by atoms with van der Waals surface area (Å²) in [4.78, 5) is 11.5. The SMILES string of the molecule is CCN1CCC(Cn2c(CCl)nc3cccnc32)C1. The summed E-state index contributed by atoms with van der Waals surface area (Å²) in [6.45, 7) is 6.72. The van der Waals surface area contributed by atoms with Crippen molar-refractivity contribution in [3.05, 3.63) is 24.2 Å². The van der Waals surface area contributed by atoms with Crippen molar-refractivity contribution in [2.75, 3.05) is 19.6 Å². The lowest BCUT2D eigenvalue weighted by Crippen LogP contribution is -2.21. The Hall–Kier alpha value is -1.13. The molecule has 2 aromatic rings. The molecule has 19 heavy (non-hydrogen) atoms. The second-order valence-corrected chi connectivity index (χ2v) is 5.43. The van der Waals surface area contributed by atoms with Gasteiger partial charge in [0.25, 0.3) is 0 Å². The summed E-state index contributed by atoms with van der Waals surface area (Å²) in [6.07, 6.45) is 3.08. The Bertz CT molecular complexity index is 566. The van der Waals surface area contributed by atoms with E-state index >= 15 is 0 Å². The van der Waals surface area contributed by atoms with Crippen LogP contribution in [0.4, 0.5) is 0 Å². The van der Waals surface area contributed by atoms with E-state index in [0.29, 0.717) is 11.8 Å². The van der Waals surface area contributed by atoms with Gasteiger partial charge < -0.3 is 9.47 Å². The third kappa shape index (κ3) is 2.47. The highest BCUT2D eigenvalue weighted by atomic mass is 35.5. The van der Waals surface area contributed by atoms with Crippen LogP contribution in [0.5, 0.6) is 0 Å². The highest BCUT2D eigenvalue weighted by Gasteiger charge is 2.23. The van der Waals surface area contributed by atoms with Crippen LogP contribution in [0.1, 0.15) is 19.2 Å². The van der Waals surface area contributed by atoms with Gasteiger partial charge in [-0.15, -0.1) is 11.6 Å². The Labute approximate surface area is 118 Å². The first-order valence-corrected chi connectivity index (χ1v) is 7.43. The van der Waals surface area contributed by atoms with Gasteiger partial charge in [0.2, 0.25) is 0 Å². The van der Waals surface area contributed by atoms with Crippen LogP contribution in [-0.4, -0.2) is 39.1 Å². The van der Waals surface area contributed by atoms with Gasteiger partial charge in [-0.1, -0.05) is 6.92 Å². The zero-order valence-corrected chi connectivity index (χ0v) is 12.0. The molecule has 1 fully saturated rings. The first kappa shape index (κ1) is 12.9. The summed E-state index contributed by atoms with van der Waals surface area (Å²) in [5, 5.41) is 0. The van der Waals surface area contributed by atoms with E-state index in [4.69, 9.17) is 11.6 Å². The van der Waals surface area contributed by atoms with Crippen molar-refractivity contribution < 1.29 is 0 Å². The number of alkyl halides is 1. The predicted molar refractivity (Wildman–Crippen MR) is 77.3 cm³/mol. The van der Waals surface area contributed by atoms with Crippen LogP contribution in [0, 0.1) is 5.92 Å². The molecule has 1 saturated heterocycles. The second-order valence-electron chi connectivity index (χ2n) is 5.17. The van der Waals surface area contributed by atoms with Crippen LogP contribution in [0.2, 0.25) is 0 Å². The molecular weight excluding hydrogens is 260 g/mol. The number of likely N-dealkylation sites (tertiary alicyclic amines) is 1. The third-order valence-electron chi connectivity index (χ3n) is 3.96. The largest absolute Gasteiger partial charge is 0.311 e. The van der Waals surface area contributed by atoms with Gasteiger partial charge in [-0.3, -0.25) is 0 Å². The van der Waals surface area contributed by atoms with Crippen molar-refractivity contribution in [3.63, 3.8) is 0 Å². The fraction of sp³-hybridized carbons (Fsp3) is 0.571. The van der Waals surface area contributed by atoms with E-state index in [0.717, 1.165) is 30.1 Å². The summed E-state index contributed by atoms with van der Waals surface area (Å²) >= 11 is 6.02. The number of halogens is 1. The smallest absolute Gasteiger partial charge is 0.160 e. The normalized spacial score (nSPS) is 20.4. The van der Waals surface area contributed by atoms with E-state index in [2.05, 4.69) is 26.4 Å². The highest BCUT2D eigenvalue weighted by molar-refractivity contribution is 6.16. The topological polar surface area (TPSA) is 34.0 Å². The van der Waals surface area contributed by atoms with Crippen molar-refractivity contribution in [2.24, 2.45) is 5.92 Å². The number of fused-ring (bicyclic) bond motifs is 1. The Kier molecular flexibility index (Phi) is 3.71. The average molecular weight is 279 g/mol. The third-order valence-corrected chi connectivity index (χ3v) is 4.20. The minimum atomic E-state index is 0.445. The molecular formula is C14H19ClN4. The summed E-state index contributed by atoms with van der Waals surface area (Å²) in [7, 11) is 0. The van der Waals surface area contributed by atoms with Gasteiger partial charge in [0.1, 0.15) is 11.3 Å². The van der Waals surface area contributed by atoms with Gasteiger partial charge in [0.05, 0.1) is 5.88 Å². The Morgan fingerprint density at radius 2 is 2.37 bits per heavy atom. The lowest BCUT2D eigenvalue weighted by Gasteiger charge is -2.15. The minimum Gasteiger partial charge on any atom is -0.311 e. The molecule has 0 amide bonds. The molecule has 0 aliphatic carbocycles. The fourth-order valence-corrected chi connectivity index (χ4v) is 3.11. The van der Waals surface area contributed by atoms with Crippen LogP contribution in [-0.2, 0) is 12.4 Å². The van der Waals surface area contributed by atoms with E-state index in [1.165, 1.54) is 19.5 Å². The number of imidazole rings is 1. The number of hydrogen-bond donors (Lipinski definition) is 0. The monoisotopic (exact) mass is 278 g/mol. The number of aromatic nitrogens is 3. The van der Waals surface area contributed by atoms with Gasteiger partial charge in [0, 0.05) is 19.3 Å². The zero-order chi connectivity index (χ0) is 13.2. The Balaban J connectivity index is 1.87. The number of nitrogens with zero attached hydrogens (tertiary/aromatic N) is 4. The van der Waals surface area contributed by atoms with Gasteiger partial charge in [-0.2, -0.15) is 0 Å². The predicted octanol–water partition coefficient (Wildman–Crippen LogP) is 2.51. The van der Waals surface area contributed by atoms with Gasteiger partial charge in [-0.25, -0.2) is 9.97 Å². The molecule has 3 rings (SSSR count). The summed E-state index contributed by atoms with van der Waals surface area (Å²) in [6, 6.07) is 3.92. The molecule has 0 bridgehead atoms. The fourth-order valence-electron chi connectivity index (χ4n) is 2.91. The maximum atomic E-state index is 6.02. The molecule has 1 unspecified atom stereocenters. The van der Waals surface area contributed by atoms with E-state index in [9.17, 15) is 0 Å². The van der Waals surface area contributed by atoms with Crippen LogP contribution in [0.25, 0.3) is 11.2 Å². The van der Waals surface area contributed by atoms with Crippen LogP contribution in [0.15, 0.2) is 18.3 Å². The van der Waals surface area contributed by atoms with E-state index < -0.39 is 0 Å². The summed E-state index contributed by atoms with van der Waals surface area (Å²) in [5.74, 6) is 2.06. The number of rotatable bonds is 4. The first-order chi connectivity index (χ1) is 9.31. The van der Waals surface area contributed by atoms with E-state index in [1.54, 1.807) is 0 Å². The van der Waals surface area contributed by atoms with Crippen molar-refractivity contribution in [3.8, 4) is 0 Å². The molecule has 5 heteroatoms. The lowest BCUT2D eigenvalue weighted by molar-refractivity contribution is 0.332. The van der Waals surface area contributed by atoms with E-state index in [-0.39, 0.29) is 0 Å². The van der Waals surface area contributed by atoms with Crippen LogP contribution >= 0.6 is 11.6 Å². The van der Waals surface area contributed by atoms with Crippen molar-refractivity contribution in [1.29, 1.82) is 0 Å². The molecule has 0 radical (unpaired) electrons. The molecule has 2 aromatic heterocycles. The Morgan fingerprint density at radius 3 is 3.11 bits per heavy atom. The van der Waals surface area contributed by atoms with E-state index in [1.807, 2.05) is 18.3 Å². The van der Waals surface area contributed by atoms with Crippen LogP contribution < -0.4 is 0 Å². The molecule has 3 heterocycles. The maximum absolute atomic E-state index is 6.02. The average Bonchev–Trinajstić information content (AvgIpc) is 3.04. The standard InChI is InChI=1S/C14H19ClN4/c1-2-18-7-5-11(9-18)10-19-13(8-15)17-12-4-3-6-16-14(12)19/h3-4,6,11H,2,5,7-10H2,1H3.